The first-order valence-corrected chi connectivity index (χ1v) is 6.22. The molecule has 92 valence electrons. The number of hydrogen-bond donors (Lipinski definition) is 1. The van der Waals surface area contributed by atoms with Crippen LogP contribution in [-0.4, -0.2) is 33.0 Å². The molecule has 3 nitrogen and oxygen atoms in total. The van der Waals surface area contributed by atoms with Gasteiger partial charge < -0.3 is 10.1 Å². The Morgan fingerprint density at radius 3 is 3.12 bits per heavy atom. The smallest absolute Gasteiger partial charge is 0.122 e. The molecule has 1 aliphatic rings. The van der Waals surface area contributed by atoms with Crippen LogP contribution in [0.4, 0.5) is 0 Å². The van der Waals surface area contributed by atoms with E-state index in [1.54, 1.807) is 7.11 Å². The van der Waals surface area contributed by atoms with Crippen molar-refractivity contribution < 1.29 is 4.74 Å². The van der Waals surface area contributed by atoms with Gasteiger partial charge in [0.15, 0.2) is 0 Å². The number of benzene rings is 1. The number of nitrogens with one attached hydrogen (secondary N) is 1. The van der Waals surface area contributed by atoms with E-state index >= 15 is 0 Å². The molecule has 1 unspecified atom stereocenters. The Morgan fingerprint density at radius 2 is 2.35 bits per heavy atom. The third-order valence-corrected chi connectivity index (χ3v) is 3.12. The van der Waals surface area contributed by atoms with Crippen LogP contribution in [0.3, 0.4) is 0 Å². The fourth-order valence-electron chi connectivity index (χ4n) is 2.12. The Hall–Kier alpha value is -1.35. The molecule has 1 saturated heterocycles. The molecule has 3 heteroatoms. The first-order chi connectivity index (χ1) is 8.40. The van der Waals surface area contributed by atoms with Gasteiger partial charge in [-0.3, -0.25) is 4.99 Å². The zero-order valence-electron chi connectivity index (χ0n) is 10.4. The summed E-state index contributed by atoms with van der Waals surface area (Å²) in [5.74, 6) is 1.60. The van der Waals surface area contributed by atoms with Crippen molar-refractivity contribution in [1.82, 2.24) is 5.32 Å². The predicted octanol–water partition coefficient (Wildman–Crippen LogP) is 1.92. The summed E-state index contributed by atoms with van der Waals surface area (Å²) in [6.45, 7) is 3.05. The van der Waals surface area contributed by atoms with Gasteiger partial charge in [-0.05, 0) is 31.0 Å². The molecule has 1 aromatic carbocycles. The molecule has 1 fully saturated rings. The molecule has 1 N–H and O–H groups in total. The van der Waals surface area contributed by atoms with Gasteiger partial charge in [0.05, 0.1) is 7.11 Å². The SMILES string of the molecule is COc1ccccc1CCN=CC1CCNC1. The average molecular weight is 232 g/mol. The molecule has 1 atom stereocenters. The second-order valence-corrected chi connectivity index (χ2v) is 4.37. The molecule has 0 spiro atoms. The minimum absolute atomic E-state index is 0.632. The van der Waals surface area contributed by atoms with E-state index < -0.39 is 0 Å². The summed E-state index contributed by atoms with van der Waals surface area (Å²) >= 11 is 0. The fraction of sp³-hybridized carbons (Fsp3) is 0.500. The van der Waals surface area contributed by atoms with Crippen LogP contribution in [0.25, 0.3) is 0 Å². The molecular weight excluding hydrogens is 212 g/mol. The molecule has 17 heavy (non-hydrogen) atoms. The Bertz CT molecular complexity index is 370. The molecular formula is C14H20N2O. The third-order valence-electron chi connectivity index (χ3n) is 3.12. The van der Waals surface area contributed by atoms with E-state index in [1.165, 1.54) is 12.0 Å². The summed E-state index contributed by atoms with van der Waals surface area (Å²) < 4.78 is 5.31. The quantitative estimate of drug-likeness (QED) is 0.787. The molecule has 1 aromatic rings. The highest BCUT2D eigenvalue weighted by atomic mass is 16.5. The second-order valence-electron chi connectivity index (χ2n) is 4.37. The van der Waals surface area contributed by atoms with Gasteiger partial charge in [0.2, 0.25) is 0 Å². The van der Waals surface area contributed by atoms with Crippen LogP contribution in [0.15, 0.2) is 29.3 Å². The van der Waals surface area contributed by atoms with E-state index in [0.29, 0.717) is 5.92 Å². The minimum Gasteiger partial charge on any atom is -0.496 e. The number of aliphatic imine (C=N–C) groups is 1. The lowest BCUT2D eigenvalue weighted by Crippen LogP contribution is -2.09. The second kappa shape index (κ2) is 6.40. The molecule has 0 radical (unpaired) electrons. The maximum Gasteiger partial charge on any atom is 0.122 e. The lowest BCUT2D eigenvalue weighted by Gasteiger charge is -2.06. The molecule has 0 saturated carbocycles. The monoisotopic (exact) mass is 232 g/mol. The van der Waals surface area contributed by atoms with Gasteiger partial charge in [-0.2, -0.15) is 0 Å². The van der Waals surface area contributed by atoms with E-state index in [4.69, 9.17) is 4.74 Å². The molecule has 2 rings (SSSR count). The zero-order chi connectivity index (χ0) is 11.9. The van der Waals surface area contributed by atoms with Crippen LogP contribution >= 0.6 is 0 Å². The van der Waals surface area contributed by atoms with Gasteiger partial charge in [-0.25, -0.2) is 0 Å². The Labute approximate surface area is 103 Å². The standard InChI is InChI=1S/C14H20N2O/c1-17-14-5-3-2-4-13(14)7-9-16-11-12-6-8-15-10-12/h2-5,11-12,15H,6-10H2,1H3. The maximum absolute atomic E-state index is 5.31. The Kier molecular flexibility index (Phi) is 4.56. The maximum atomic E-state index is 5.31. The van der Waals surface area contributed by atoms with Gasteiger partial charge in [-0.1, -0.05) is 18.2 Å². The van der Waals surface area contributed by atoms with Crippen molar-refractivity contribution in [3.8, 4) is 5.75 Å². The lowest BCUT2D eigenvalue weighted by molar-refractivity contribution is 0.410. The van der Waals surface area contributed by atoms with Gasteiger partial charge in [0, 0.05) is 25.2 Å². The van der Waals surface area contributed by atoms with Crippen LogP contribution in [0, 0.1) is 5.92 Å². The van der Waals surface area contributed by atoms with Crippen molar-refractivity contribution in [3.63, 3.8) is 0 Å². The number of para-hydroxylation sites is 1. The van der Waals surface area contributed by atoms with Crippen LogP contribution in [-0.2, 0) is 6.42 Å². The largest absolute Gasteiger partial charge is 0.496 e. The van der Waals surface area contributed by atoms with E-state index in [0.717, 1.165) is 31.8 Å². The van der Waals surface area contributed by atoms with Crippen LogP contribution in [0.2, 0.25) is 0 Å². The van der Waals surface area contributed by atoms with Crippen molar-refractivity contribution >= 4 is 6.21 Å². The zero-order valence-corrected chi connectivity index (χ0v) is 10.4. The van der Waals surface area contributed by atoms with Crippen molar-refractivity contribution in [2.24, 2.45) is 10.9 Å². The van der Waals surface area contributed by atoms with E-state index in [2.05, 4.69) is 22.6 Å². The average Bonchev–Trinajstić information content (AvgIpc) is 2.88. The summed E-state index contributed by atoms with van der Waals surface area (Å²) in [6.07, 6.45) is 4.27. The normalized spacial score (nSPS) is 19.9. The van der Waals surface area contributed by atoms with Gasteiger partial charge in [-0.15, -0.1) is 0 Å². The molecule has 0 bridgehead atoms. The molecule has 0 amide bonds. The van der Waals surface area contributed by atoms with Gasteiger partial charge in [0.25, 0.3) is 0 Å². The minimum atomic E-state index is 0.632. The first-order valence-electron chi connectivity index (χ1n) is 6.22. The summed E-state index contributed by atoms with van der Waals surface area (Å²) in [7, 11) is 1.71. The Morgan fingerprint density at radius 1 is 1.47 bits per heavy atom. The van der Waals surface area contributed by atoms with E-state index in [9.17, 15) is 0 Å². The third kappa shape index (κ3) is 3.56. The molecule has 0 aromatic heterocycles. The number of nitrogens with zero attached hydrogens (tertiary/aromatic N) is 1. The summed E-state index contributed by atoms with van der Waals surface area (Å²) in [5, 5.41) is 3.34. The van der Waals surface area contributed by atoms with E-state index in [1.807, 2.05) is 18.2 Å². The van der Waals surface area contributed by atoms with Gasteiger partial charge in [0.1, 0.15) is 5.75 Å². The highest BCUT2D eigenvalue weighted by Crippen LogP contribution is 2.17. The highest BCUT2D eigenvalue weighted by Gasteiger charge is 2.10. The van der Waals surface area contributed by atoms with Crippen molar-refractivity contribution in [1.29, 1.82) is 0 Å². The molecule has 0 aliphatic carbocycles. The van der Waals surface area contributed by atoms with E-state index in [-0.39, 0.29) is 0 Å². The summed E-state index contributed by atoms with van der Waals surface area (Å²) in [4.78, 5) is 4.50. The summed E-state index contributed by atoms with van der Waals surface area (Å²) in [6, 6.07) is 8.14. The fourth-order valence-corrected chi connectivity index (χ4v) is 2.12. The van der Waals surface area contributed by atoms with Crippen LogP contribution in [0.5, 0.6) is 5.75 Å². The van der Waals surface area contributed by atoms with Gasteiger partial charge >= 0.3 is 0 Å². The molecule has 1 heterocycles. The lowest BCUT2D eigenvalue weighted by atomic mass is 10.1. The predicted molar refractivity (Wildman–Crippen MR) is 71.0 cm³/mol. The number of rotatable bonds is 5. The highest BCUT2D eigenvalue weighted by molar-refractivity contribution is 5.61. The number of methoxy groups -OCH3 is 1. The van der Waals surface area contributed by atoms with Crippen molar-refractivity contribution in [2.75, 3.05) is 26.7 Å². The topological polar surface area (TPSA) is 33.6 Å². The molecule has 1 aliphatic heterocycles. The Balaban J connectivity index is 1.80. The van der Waals surface area contributed by atoms with Crippen molar-refractivity contribution in [3.05, 3.63) is 29.8 Å². The number of ether oxygens (including phenoxy) is 1. The summed E-state index contributed by atoms with van der Waals surface area (Å²) in [5.41, 5.74) is 1.23. The van der Waals surface area contributed by atoms with Crippen LogP contribution in [0.1, 0.15) is 12.0 Å². The van der Waals surface area contributed by atoms with Crippen LogP contribution < -0.4 is 10.1 Å². The van der Waals surface area contributed by atoms with Crippen molar-refractivity contribution in [2.45, 2.75) is 12.8 Å². The number of hydrogen-bond acceptors (Lipinski definition) is 3. The first kappa shape index (κ1) is 12.1.